The summed E-state index contributed by atoms with van der Waals surface area (Å²) >= 11 is 12.4. The molecule has 28 heavy (non-hydrogen) atoms. The predicted molar refractivity (Wildman–Crippen MR) is 125 cm³/mol. The third-order valence-electron chi connectivity index (χ3n) is 4.12. The number of carbonyl (C=O) groups excluding carboxylic acids is 1. The van der Waals surface area contributed by atoms with E-state index in [-0.39, 0.29) is 12.5 Å². The first-order chi connectivity index (χ1) is 13.5. The first kappa shape index (κ1) is 20.8. The smallest absolute Gasteiger partial charge is 0.264 e. The molecule has 0 spiro atoms. The fourth-order valence-corrected chi connectivity index (χ4v) is 4.11. The summed E-state index contributed by atoms with van der Waals surface area (Å²) in [7, 11) is 0. The van der Waals surface area contributed by atoms with E-state index >= 15 is 0 Å². The molecule has 0 unspecified atom stereocenters. The van der Waals surface area contributed by atoms with Gasteiger partial charge in [-0.25, -0.2) is 0 Å². The number of anilines is 1. The van der Waals surface area contributed by atoms with Crippen LogP contribution in [-0.2, 0) is 4.79 Å². The molecule has 0 aliphatic carbocycles. The Kier molecular flexibility index (Phi) is 7.04. The summed E-state index contributed by atoms with van der Waals surface area (Å²) < 4.78 is 7.53. The average molecular weight is 522 g/mol. The van der Waals surface area contributed by atoms with Crippen molar-refractivity contribution in [1.82, 2.24) is 5.32 Å². The molecule has 0 heterocycles. The maximum absolute atomic E-state index is 12.3. The molecule has 0 aromatic heterocycles. The minimum atomic E-state index is -0.304. The number of thiocarbonyl (C=S) groups is 1. The third-order valence-corrected chi connectivity index (χ3v) is 5.75. The number of hydrogen-bond donors (Lipinski definition) is 1. The lowest BCUT2D eigenvalue weighted by molar-refractivity contribution is -0.121. The highest BCUT2D eigenvalue weighted by atomic mass is 79.9. The summed E-state index contributed by atoms with van der Waals surface area (Å²) in [6.07, 6.45) is 0. The van der Waals surface area contributed by atoms with Crippen molar-refractivity contribution in [2.24, 2.45) is 0 Å². The van der Waals surface area contributed by atoms with Gasteiger partial charge in [0.1, 0.15) is 5.75 Å². The summed E-state index contributed by atoms with van der Waals surface area (Å²) in [6, 6.07) is 19.5. The number of rotatable bonds is 5. The first-order valence-electron chi connectivity index (χ1n) is 8.66. The van der Waals surface area contributed by atoms with Crippen molar-refractivity contribution in [3.8, 4) is 5.75 Å². The molecule has 0 fully saturated rings. The number of benzene rings is 3. The summed E-state index contributed by atoms with van der Waals surface area (Å²) in [6.45, 7) is 2.50. The van der Waals surface area contributed by atoms with Crippen LogP contribution in [0.2, 0.25) is 0 Å². The van der Waals surface area contributed by atoms with Crippen LogP contribution in [0.25, 0.3) is 10.8 Å². The predicted octanol–water partition coefficient (Wildman–Crippen LogP) is 5.67. The second kappa shape index (κ2) is 9.49. The number of fused-ring (bicyclic) bond motifs is 1. The third kappa shape index (κ3) is 4.90. The maximum atomic E-state index is 12.3. The SMILES string of the molecule is CCN(C(=S)NC(=O)COc1ccc2cc(Br)ccc2c1Br)c1ccccc1. The molecule has 144 valence electrons. The van der Waals surface area contributed by atoms with E-state index in [1.54, 1.807) is 0 Å². The fourth-order valence-electron chi connectivity index (χ4n) is 2.77. The molecule has 4 nitrogen and oxygen atoms in total. The summed E-state index contributed by atoms with van der Waals surface area (Å²) in [4.78, 5) is 14.2. The summed E-state index contributed by atoms with van der Waals surface area (Å²) in [5, 5.41) is 5.17. The molecule has 0 atom stereocenters. The van der Waals surface area contributed by atoms with Gasteiger partial charge in [-0.05, 0) is 76.2 Å². The normalized spacial score (nSPS) is 10.5. The zero-order valence-electron chi connectivity index (χ0n) is 15.1. The van der Waals surface area contributed by atoms with Gasteiger partial charge in [0, 0.05) is 16.7 Å². The van der Waals surface area contributed by atoms with E-state index in [0.717, 1.165) is 25.4 Å². The van der Waals surface area contributed by atoms with Crippen molar-refractivity contribution >= 4 is 71.6 Å². The van der Waals surface area contributed by atoms with Gasteiger partial charge in [-0.3, -0.25) is 10.1 Å². The fraction of sp³-hybridized carbons (Fsp3) is 0.143. The summed E-state index contributed by atoms with van der Waals surface area (Å²) in [5.74, 6) is 0.300. The molecule has 0 saturated carbocycles. The molecule has 0 aliphatic rings. The number of ether oxygens (including phenoxy) is 1. The van der Waals surface area contributed by atoms with E-state index in [9.17, 15) is 4.79 Å². The van der Waals surface area contributed by atoms with Crippen molar-refractivity contribution in [3.05, 3.63) is 69.6 Å². The minimum absolute atomic E-state index is 0.132. The van der Waals surface area contributed by atoms with Gasteiger partial charge in [-0.1, -0.05) is 46.3 Å². The van der Waals surface area contributed by atoms with Crippen molar-refractivity contribution in [1.29, 1.82) is 0 Å². The average Bonchev–Trinajstić information content (AvgIpc) is 2.68. The molecule has 3 rings (SSSR count). The Morgan fingerprint density at radius 1 is 1.11 bits per heavy atom. The van der Waals surface area contributed by atoms with E-state index in [1.807, 2.05) is 72.5 Å². The highest BCUT2D eigenvalue weighted by molar-refractivity contribution is 9.11. The van der Waals surface area contributed by atoms with Gasteiger partial charge < -0.3 is 9.64 Å². The molecular weight excluding hydrogens is 504 g/mol. The Morgan fingerprint density at radius 2 is 1.86 bits per heavy atom. The van der Waals surface area contributed by atoms with Crippen molar-refractivity contribution < 1.29 is 9.53 Å². The minimum Gasteiger partial charge on any atom is -0.483 e. The molecule has 0 aliphatic heterocycles. The van der Waals surface area contributed by atoms with Crippen LogP contribution in [0.5, 0.6) is 5.75 Å². The molecule has 3 aromatic rings. The van der Waals surface area contributed by atoms with Crippen LogP contribution in [0.4, 0.5) is 5.69 Å². The second-order valence-corrected chi connectivity index (χ2v) is 8.06. The van der Waals surface area contributed by atoms with E-state index in [4.69, 9.17) is 17.0 Å². The Labute approximate surface area is 186 Å². The lowest BCUT2D eigenvalue weighted by Crippen LogP contribution is -2.44. The largest absolute Gasteiger partial charge is 0.483 e. The van der Waals surface area contributed by atoms with Gasteiger partial charge >= 0.3 is 0 Å². The Balaban J connectivity index is 1.64. The first-order valence-corrected chi connectivity index (χ1v) is 10.7. The van der Waals surface area contributed by atoms with Gasteiger partial charge in [0.2, 0.25) is 0 Å². The van der Waals surface area contributed by atoms with Crippen LogP contribution in [0, 0.1) is 0 Å². The molecular formula is C21H18Br2N2O2S. The van der Waals surface area contributed by atoms with Gasteiger partial charge in [0.25, 0.3) is 5.91 Å². The molecule has 0 bridgehead atoms. The van der Waals surface area contributed by atoms with Gasteiger partial charge in [0.05, 0.1) is 4.47 Å². The van der Waals surface area contributed by atoms with Gasteiger partial charge in [-0.2, -0.15) is 0 Å². The van der Waals surface area contributed by atoms with E-state index in [2.05, 4.69) is 37.2 Å². The van der Waals surface area contributed by atoms with Crippen LogP contribution < -0.4 is 15.0 Å². The molecule has 1 amide bonds. The molecule has 7 heteroatoms. The van der Waals surface area contributed by atoms with Crippen LogP contribution in [0.1, 0.15) is 6.92 Å². The second-order valence-electron chi connectivity index (χ2n) is 5.96. The monoisotopic (exact) mass is 520 g/mol. The van der Waals surface area contributed by atoms with Crippen molar-refractivity contribution in [3.63, 3.8) is 0 Å². The number of para-hydroxylation sites is 1. The zero-order chi connectivity index (χ0) is 20.1. The highest BCUT2D eigenvalue weighted by Gasteiger charge is 2.14. The van der Waals surface area contributed by atoms with Crippen LogP contribution >= 0.6 is 44.1 Å². The van der Waals surface area contributed by atoms with Crippen molar-refractivity contribution in [2.75, 3.05) is 18.1 Å². The van der Waals surface area contributed by atoms with E-state index in [0.29, 0.717) is 17.4 Å². The lowest BCUT2D eigenvalue weighted by Gasteiger charge is -2.23. The van der Waals surface area contributed by atoms with Gasteiger partial charge in [-0.15, -0.1) is 0 Å². The van der Waals surface area contributed by atoms with Crippen molar-refractivity contribution in [2.45, 2.75) is 6.92 Å². The lowest BCUT2D eigenvalue weighted by atomic mass is 10.1. The number of hydrogen-bond acceptors (Lipinski definition) is 3. The molecule has 0 radical (unpaired) electrons. The highest BCUT2D eigenvalue weighted by Crippen LogP contribution is 2.34. The van der Waals surface area contributed by atoms with Gasteiger partial charge in [0.15, 0.2) is 11.7 Å². The molecule has 3 aromatic carbocycles. The number of carbonyl (C=O) groups is 1. The van der Waals surface area contributed by atoms with Crippen LogP contribution in [-0.4, -0.2) is 24.2 Å². The summed E-state index contributed by atoms with van der Waals surface area (Å²) in [5.41, 5.74) is 0.930. The number of nitrogens with zero attached hydrogens (tertiary/aromatic N) is 1. The quantitative estimate of drug-likeness (QED) is 0.439. The Morgan fingerprint density at radius 3 is 2.57 bits per heavy atom. The van der Waals surface area contributed by atoms with E-state index in [1.165, 1.54) is 0 Å². The van der Waals surface area contributed by atoms with Crippen LogP contribution in [0.3, 0.4) is 0 Å². The Hall–Kier alpha value is -1.96. The topological polar surface area (TPSA) is 41.6 Å². The van der Waals surface area contributed by atoms with Crippen LogP contribution in [0.15, 0.2) is 69.6 Å². The number of nitrogens with one attached hydrogen (secondary N) is 1. The number of halogens is 2. The zero-order valence-corrected chi connectivity index (χ0v) is 19.1. The Bertz CT molecular complexity index is 1010. The molecule has 0 saturated heterocycles. The molecule has 1 N–H and O–H groups in total. The number of amides is 1. The van der Waals surface area contributed by atoms with E-state index < -0.39 is 0 Å². The maximum Gasteiger partial charge on any atom is 0.264 e. The standard InChI is InChI=1S/C21H18Br2N2O2S/c1-2-25(16-6-4-3-5-7-16)21(28)24-19(26)13-27-18-11-8-14-12-15(22)9-10-17(14)20(18)23/h3-12H,2,13H2,1H3,(H,24,26,28).